The van der Waals surface area contributed by atoms with E-state index in [0.29, 0.717) is 17.4 Å². The summed E-state index contributed by atoms with van der Waals surface area (Å²) in [4.78, 5) is 4.17. The first-order valence-corrected chi connectivity index (χ1v) is 6.84. The van der Waals surface area contributed by atoms with Crippen LogP contribution in [0.15, 0.2) is 34.9 Å². The third kappa shape index (κ3) is 3.58. The number of aromatic nitrogens is 1. The van der Waals surface area contributed by atoms with E-state index >= 15 is 0 Å². The molecule has 18 heavy (non-hydrogen) atoms. The Kier molecular flexibility index (Phi) is 4.78. The second-order valence-corrected chi connectivity index (χ2v) is 4.86. The van der Waals surface area contributed by atoms with E-state index in [9.17, 15) is 4.39 Å². The van der Waals surface area contributed by atoms with Crippen LogP contribution in [-0.4, -0.2) is 22.5 Å². The third-order valence-electron chi connectivity index (χ3n) is 2.35. The predicted octanol–water partition coefficient (Wildman–Crippen LogP) is 3.10. The van der Waals surface area contributed by atoms with Crippen LogP contribution in [0.3, 0.4) is 0 Å². The summed E-state index contributed by atoms with van der Waals surface area (Å²) >= 11 is 1.67. The minimum Gasteiger partial charge on any atom is -0.440 e. The molecule has 2 rings (SSSR count). The third-order valence-corrected chi connectivity index (χ3v) is 3.38. The van der Waals surface area contributed by atoms with E-state index in [0.717, 1.165) is 17.7 Å². The van der Waals surface area contributed by atoms with Crippen molar-refractivity contribution in [2.24, 2.45) is 0 Å². The van der Waals surface area contributed by atoms with Crippen molar-refractivity contribution in [2.75, 3.05) is 12.4 Å². The molecule has 96 valence electrons. The molecule has 0 aliphatic rings. The first kappa shape index (κ1) is 13.1. The first-order chi connectivity index (χ1) is 8.79. The summed E-state index contributed by atoms with van der Waals surface area (Å²) in [7, 11) is 0. The van der Waals surface area contributed by atoms with E-state index in [2.05, 4.69) is 4.98 Å². The highest BCUT2D eigenvalue weighted by Crippen LogP contribution is 2.22. The molecule has 0 aliphatic carbocycles. The van der Waals surface area contributed by atoms with Gasteiger partial charge in [0.1, 0.15) is 5.82 Å². The molecular weight excluding hydrogens is 253 g/mol. The number of hydrogen-bond acceptors (Lipinski definition) is 4. The van der Waals surface area contributed by atoms with E-state index in [-0.39, 0.29) is 12.4 Å². The highest BCUT2D eigenvalue weighted by atomic mass is 32.2. The molecule has 2 aromatic rings. The topological polar surface area (TPSA) is 46.3 Å². The van der Waals surface area contributed by atoms with Gasteiger partial charge in [-0.1, -0.05) is 0 Å². The Morgan fingerprint density at radius 3 is 2.78 bits per heavy atom. The number of oxazole rings is 1. The van der Waals surface area contributed by atoms with Crippen molar-refractivity contribution in [3.63, 3.8) is 0 Å². The van der Waals surface area contributed by atoms with Crippen LogP contribution in [0.25, 0.3) is 11.3 Å². The van der Waals surface area contributed by atoms with Crippen molar-refractivity contribution in [1.29, 1.82) is 0 Å². The minimum atomic E-state index is -0.266. The lowest BCUT2D eigenvalue weighted by Gasteiger charge is -1.97. The van der Waals surface area contributed by atoms with Gasteiger partial charge in [0.2, 0.25) is 5.89 Å². The summed E-state index contributed by atoms with van der Waals surface area (Å²) in [6.45, 7) is 0.208. The van der Waals surface area contributed by atoms with Crippen LogP contribution in [0.5, 0.6) is 0 Å². The molecule has 0 saturated carbocycles. The smallest absolute Gasteiger partial charge is 0.204 e. The zero-order valence-corrected chi connectivity index (χ0v) is 10.6. The van der Waals surface area contributed by atoms with Crippen molar-refractivity contribution in [2.45, 2.75) is 12.2 Å². The van der Waals surface area contributed by atoms with Gasteiger partial charge in [-0.2, -0.15) is 11.8 Å². The van der Waals surface area contributed by atoms with Gasteiger partial charge in [-0.25, -0.2) is 9.37 Å². The lowest BCUT2D eigenvalue weighted by Crippen LogP contribution is -1.87. The highest BCUT2D eigenvalue weighted by Gasteiger charge is 2.06. The Balaban J connectivity index is 1.95. The molecular formula is C13H14FNO2S. The SMILES string of the molecule is OCCCSCc1ncc(-c2ccc(F)cc2)o1. The van der Waals surface area contributed by atoms with Gasteiger partial charge in [0.15, 0.2) is 5.76 Å². The lowest BCUT2D eigenvalue weighted by molar-refractivity contribution is 0.296. The Morgan fingerprint density at radius 1 is 1.28 bits per heavy atom. The van der Waals surface area contributed by atoms with E-state index in [1.54, 1.807) is 30.1 Å². The van der Waals surface area contributed by atoms with Gasteiger partial charge in [0.05, 0.1) is 11.9 Å². The van der Waals surface area contributed by atoms with Crippen molar-refractivity contribution >= 4 is 11.8 Å². The number of benzene rings is 1. The quantitative estimate of drug-likeness (QED) is 0.817. The van der Waals surface area contributed by atoms with Gasteiger partial charge in [0, 0.05) is 12.2 Å². The molecule has 5 heteroatoms. The first-order valence-electron chi connectivity index (χ1n) is 5.69. The molecule has 0 bridgehead atoms. The standard InChI is InChI=1S/C13H14FNO2S/c14-11-4-2-10(3-5-11)12-8-15-13(17-12)9-18-7-1-6-16/h2-5,8,16H,1,6-7,9H2. The number of aliphatic hydroxyl groups excluding tert-OH is 1. The fraction of sp³-hybridized carbons (Fsp3) is 0.308. The summed E-state index contributed by atoms with van der Waals surface area (Å²) in [6, 6.07) is 6.12. The maximum absolute atomic E-state index is 12.8. The number of aliphatic hydroxyl groups is 1. The molecule has 1 aromatic heterocycles. The van der Waals surface area contributed by atoms with Gasteiger partial charge in [0.25, 0.3) is 0 Å². The molecule has 0 spiro atoms. The average molecular weight is 267 g/mol. The van der Waals surface area contributed by atoms with Gasteiger partial charge in [-0.15, -0.1) is 0 Å². The largest absolute Gasteiger partial charge is 0.440 e. The van der Waals surface area contributed by atoms with Crippen LogP contribution in [0.4, 0.5) is 4.39 Å². The normalized spacial score (nSPS) is 10.8. The summed E-state index contributed by atoms with van der Waals surface area (Å²) in [6.07, 6.45) is 2.42. The zero-order valence-electron chi connectivity index (χ0n) is 9.80. The van der Waals surface area contributed by atoms with Crippen molar-refractivity contribution in [1.82, 2.24) is 4.98 Å². The van der Waals surface area contributed by atoms with E-state index in [1.165, 1.54) is 12.1 Å². The number of hydrogen-bond donors (Lipinski definition) is 1. The summed E-state index contributed by atoms with van der Waals surface area (Å²) in [5.74, 6) is 2.59. The van der Waals surface area contributed by atoms with Crippen molar-refractivity contribution in [3.8, 4) is 11.3 Å². The second kappa shape index (κ2) is 6.56. The molecule has 0 saturated heterocycles. The summed E-state index contributed by atoms with van der Waals surface area (Å²) in [5.41, 5.74) is 0.815. The highest BCUT2D eigenvalue weighted by molar-refractivity contribution is 7.98. The van der Waals surface area contributed by atoms with Crippen LogP contribution < -0.4 is 0 Å². The van der Waals surface area contributed by atoms with Gasteiger partial charge >= 0.3 is 0 Å². The van der Waals surface area contributed by atoms with E-state index < -0.39 is 0 Å². The molecule has 0 fully saturated rings. The Hall–Kier alpha value is -1.33. The van der Waals surface area contributed by atoms with Gasteiger partial charge in [-0.05, 0) is 36.4 Å². The van der Waals surface area contributed by atoms with Crippen LogP contribution in [0.1, 0.15) is 12.3 Å². The van der Waals surface area contributed by atoms with Crippen LogP contribution in [0.2, 0.25) is 0 Å². The molecule has 0 radical (unpaired) electrons. The molecule has 0 unspecified atom stereocenters. The van der Waals surface area contributed by atoms with Gasteiger partial charge in [-0.3, -0.25) is 0 Å². The number of rotatable bonds is 6. The maximum Gasteiger partial charge on any atom is 0.204 e. The average Bonchev–Trinajstić information content (AvgIpc) is 2.84. The van der Waals surface area contributed by atoms with E-state index in [4.69, 9.17) is 9.52 Å². The van der Waals surface area contributed by atoms with Gasteiger partial charge < -0.3 is 9.52 Å². The molecule has 0 amide bonds. The molecule has 1 N–H and O–H groups in total. The van der Waals surface area contributed by atoms with Crippen LogP contribution in [0, 0.1) is 5.82 Å². The summed E-state index contributed by atoms with van der Waals surface area (Å²) in [5, 5.41) is 8.66. The van der Waals surface area contributed by atoms with Crippen LogP contribution >= 0.6 is 11.8 Å². The zero-order chi connectivity index (χ0) is 12.8. The van der Waals surface area contributed by atoms with E-state index in [1.807, 2.05) is 0 Å². The minimum absolute atomic E-state index is 0.208. The number of thioether (sulfide) groups is 1. The fourth-order valence-corrected chi connectivity index (χ4v) is 2.24. The molecule has 3 nitrogen and oxygen atoms in total. The predicted molar refractivity (Wildman–Crippen MR) is 69.8 cm³/mol. The lowest BCUT2D eigenvalue weighted by atomic mass is 10.2. The molecule has 0 atom stereocenters. The molecule has 0 aliphatic heterocycles. The summed E-state index contributed by atoms with van der Waals surface area (Å²) < 4.78 is 18.3. The monoisotopic (exact) mass is 267 g/mol. The van der Waals surface area contributed by atoms with Crippen LogP contribution in [-0.2, 0) is 5.75 Å². The number of nitrogens with zero attached hydrogens (tertiary/aromatic N) is 1. The molecule has 1 aromatic carbocycles. The second-order valence-electron chi connectivity index (χ2n) is 3.75. The molecule has 1 heterocycles. The Labute approximate surface area is 109 Å². The number of halogens is 1. The fourth-order valence-electron chi connectivity index (χ4n) is 1.45. The Bertz CT molecular complexity index is 484. The Morgan fingerprint density at radius 2 is 2.06 bits per heavy atom. The van der Waals surface area contributed by atoms with Crippen molar-refractivity contribution < 1.29 is 13.9 Å². The maximum atomic E-state index is 12.8. The van der Waals surface area contributed by atoms with Crippen molar-refractivity contribution in [3.05, 3.63) is 42.2 Å².